The van der Waals surface area contributed by atoms with Gasteiger partial charge < -0.3 is 5.11 Å². The fourth-order valence-electron chi connectivity index (χ4n) is 1.49. The van der Waals surface area contributed by atoms with E-state index >= 15 is 0 Å². The second-order valence-corrected chi connectivity index (χ2v) is 5.45. The largest absolute Gasteiger partial charge is 0.384 e. The molecular weight excluding hydrogens is 282 g/mol. The molecule has 0 aliphatic rings. The number of halogens is 1. The summed E-state index contributed by atoms with van der Waals surface area (Å²) in [7, 11) is 0. The van der Waals surface area contributed by atoms with Crippen molar-refractivity contribution in [1.82, 2.24) is 15.0 Å². The lowest BCUT2D eigenvalue weighted by atomic mass is 10.1. The van der Waals surface area contributed by atoms with Crippen molar-refractivity contribution in [1.29, 1.82) is 0 Å². The number of nitrogens with zero attached hydrogens (tertiary/aromatic N) is 3. The molecule has 90 valence electrons. The van der Waals surface area contributed by atoms with Crippen LogP contribution in [0.5, 0.6) is 0 Å². The van der Waals surface area contributed by atoms with Gasteiger partial charge in [0.15, 0.2) is 0 Å². The fraction of sp³-hybridized carbons (Fsp3) is 0.333. The maximum absolute atomic E-state index is 9.85. The van der Waals surface area contributed by atoms with Crippen molar-refractivity contribution in [3.63, 3.8) is 0 Å². The third-order valence-corrected chi connectivity index (χ3v) is 3.03. The zero-order valence-electron chi connectivity index (χ0n) is 9.98. The SMILES string of the molecule is Cc1ccc(Br)cc1-n1cc(C(C)(C)O)nn1. The summed E-state index contributed by atoms with van der Waals surface area (Å²) in [6, 6.07) is 5.95. The summed E-state index contributed by atoms with van der Waals surface area (Å²) in [6.45, 7) is 5.39. The average Bonchev–Trinajstić information content (AvgIpc) is 2.70. The Morgan fingerprint density at radius 2 is 2.06 bits per heavy atom. The molecule has 0 fully saturated rings. The van der Waals surface area contributed by atoms with Gasteiger partial charge in [-0.2, -0.15) is 0 Å². The predicted molar refractivity (Wildman–Crippen MR) is 69.0 cm³/mol. The van der Waals surface area contributed by atoms with Crippen LogP contribution in [0.3, 0.4) is 0 Å². The second kappa shape index (κ2) is 4.23. The Bertz CT molecular complexity index is 543. The molecule has 17 heavy (non-hydrogen) atoms. The maximum atomic E-state index is 9.85. The number of rotatable bonds is 2. The van der Waals surface area contributed by atoms with E-state index in [4.69, 9.17) is 0 Å². The van der Waals surface area contributed by atoms with E-state index in [9.17, 15) is 5.11 Å². The number of aromatic nitrogens is 3. The van der Waals surface area contributed by atoms with Crippen LogP contribution in [0.1, 0.15) is 25.1 Å². The molecule has 1 heterocycles. The highest BCUT2D eigenvalue weighted by Gasteiger charge is 2.20. The van der Waals surface area contributed by atoms with E-state index in [1.54, 1.807) is 24.7 Å². The van der Waals surface area contributed by atoms with E-state index in [0.717, 1.165) is 15.7 Å². The number of hydrogen-bond acceptors (Lipinski definition) is 3. The molecule has 0 aliphatic carbocycles. The Labute approximate surface area is 108 Å². The molecule has 0 amide bonds. The minimum absolute atomic E-state index is 0.553. The number of benzene rings is 1. The summed E-state index contributed by atoms with van der Waals surface area (Å²) in [6.07, 6.45) is 1.74. The molecule has 0 radical (unpaired) electrons. The van der Waals surface area contributed by atoms with Gasteiger partial charge >= 0.3 is 0 Å². The zero-order valence-corrected chi connectivity index (χ0v) is 11.6. The van der Waals surface area contributed by atoms with Crippen molar-refractivity contribution in [3.8, 4) is 5.69 Å². The van der Waals surface area contributed by atoms with Crippen LogP contribution in [-0.2, 0) is 5.60 Å². The van der Waals surface area contributed by atoms with E-state index in [1.807, 2.05) is 25.1 Å². The minimum atomic E-state index is -0.974. The van der Waals surface area contributed by atoms with Crippen molar-refractivity contribution >= 4 is 15.9 Å². The molecule has 2 rings (SSSR count). The standard InChI is InChI=1S/C12H14BrN3O/c1-8-4-5-9(13)6-10(8)16-7-11(14-15-16)12(2,3)17/h4-7,17H,1-3H3. The molecular formula is C12H14BrN3O. The molecule has 0 atom stereocenters. The van der Waals surface area contributed by atoms with Gasteiger partial charge in [0.2, 0.25) is 0 Å². The molecule has 0 saturated carbocycles. The smallest absolute Gasteiger partial charge is 0.114 e. The molecule has 1 N–H and O–H groups in total. The quantitative estimate of drug-likeness (QED) is 0.926. The van der Waals surface area contributed by atoms with Crippen LogP contribution in [0.2, 0.25) is 0 Å². The Morgan fingerprint density at radius 3 is 2.65 bits per heavy atom. The summed E-state index contributed by atoms with van der Waals surface area (Å²) in [4.78, 5) is 0. The van der Waals surface area contributed by atoms with E-state index in [2.05, 4.69) is 26.2 Å². The summed E-state index contributed by atoms with van der Waals surface area (Å²) in [5.74, 6) is 0. The van der Waals surface area contributed by atoms with Crippen molar-refractivity contribution in [2.24, 2.45) is 0 Å². The van der Waals surface area contributed by atoms with Gasteiger partial charge in [0.05, 0.1) is 11.9 Å². The Balaban J connectivity index is 2.47. The number of aryl methyl sites for hydroxylation is 1. The second-order valence-electron chi connectivity index (χ2n) is 4.54. The molecule has 1 aromatic heterocycles. The van der Waals surface area contributed by atoms with Gasteiger partial charge in [-0.3, -0.25) is 0 Å². The lowest BCUT2D eigenvalue weighted by molar-refractivity contribution is 0.0737. The number of aliphatic hydroxyl groups is 1. The lowest BCUT2D eigenvalue weighted by Crippen LogP contribution is -2.15. The van der Waals surface area contributed by atoms with Gasteiger partial charge in [-0.25, -0.2) is 4.68 Å². The third kappa shape index (κ3) is 2.56. The van der Waals surface area contributed by atoms with Crippen LogP contribution < -0.4 is 0 Å². The van der Waals surface area contributed by atoms with Crippen molar-refractivity contribution < 1.29 is 5.11 Å². The van der Waals surface area contributed by atoms with Gasteiger partial charge in [0.1, 0.15) is 11.3 Å². The highest BCUT2D eigenvalue weighted by atomic mass is 79.9. The van der Waals surface area contributed by atoms with Crippen LogP contribution in [0.15, 0.2) is 28.9 Å². The van der Waals surface area contributed by atoms with Crippen molar-refractivity contribution in [2.75, 3.05) is 0 Å². The first-order chi connectivity index (χ1) is 7.88. The molecule has 0 aliphatic heterocycles. The minimum Gasteiger partial charge on any atom is -0.384 e. The van der Waals surface area contributed by atoms with E-state index in [0.29, 0.717) is 5.69 Å². The van der Waals surface area contributed by atoms with E-state index in [-0.39, 0.29) is 0 Å². The average molecular weight is 296 g/mol. The molecule has 0 spiro atoms. The van der Waals surface area contributed by atoms with Crippen molar-refractivity contribution in [3.05, 3.63) is 40.1 Å². The first-order valence-corrected chi connectivity index (χ1v) is 6.09. The topological polar surface area (TPSA) is 50.9 Å². The summed E-state index contributed by atoms with van der Waals surface area (Å²) in [5, 5.41) is 17.9. The highest BCUT2D eigenvalue weighted by molar-refractivity contribution is 9.10. The van der Waals surface area contributed by atoms with E-state index in [1.165, 1.54) is 0 Å². The first-order valence-electron chi connectivity index (χ1n) is 5.29. The molecule has 0 unspecified atom stereocenters. The first kappa shape index (κ1) is 12.3. The van der Waals surface area contributed by atoms with Gasteiger partial charge in [-0.15, -0.1) is 5.10 Å². The van der Waals surface area contributed by atoms with Crippen LogP contribution in [0, 0.1) is 6.92 Å². The summed E-state index contributed by atoms with van der Waals surface area (Å²) >= 11 is 3.43. The molecule has 5 heteroatoms. The predicted octanol–water partition coefficient (Wildman–Crippen LogP) is 2.57. The molecule has 0 saturated heterocycles. The molecule has 2 aromatic rings. The van der Waals surface area contributed by atoms with Crippen LogP contribution in [-0.4, -0.2) is 20.1 Å². The number of hydrogen-bond donors (Lipinski definition) is 1. The molecule has 4 nitrogen and oxygen atoms in total. The van der Waals surface area contributed by atoms with Gasteiger partial charge in [-0.1, -0.05) is 27.2 Å². The van der Waals surface area contributed by atoms with Crippen molar-refractivity contribution in [2.45, 2.75) is 26.4 Å². The molecule has 1 aromatic carbocycles. The maximum Gasteiger partial charge on any atom is 0.114 e. The van der Waals surface area contributed by atoms with E-state index < -0.39 is 5.60 Å². The highest BCUT2D eigenvalue weighted by Crippen LogP contribution is 2.21. The van der Waals surface area contributed by atoms with Crippen LogP contribution >= 0.6 is 15.9 Å². The monoisotopic (exact) mass is 295 g/mol. The Kier molecular flexibility index (Phi) is 3.05. The summed E-state index contributed by atoms with van der Waals surface area (Å²) in [5.41, 5.74) is 1.62. The van der Waals surface area contributed by atoms with Gasteiger partial charge in [0.25, 0.3) is 0 Å². The fourth-order valence-corrected chi connectivity index (χ4v) is 1.84. The molecule has 0 bridgehead atoms. The van der Waals surface area contributed by atoms with Gasteiger partial charge in [-0.05, 0) is 38.5 Å². The zero-order chi connectivity index (χ0) is 12.6. The normalized spacial score (nSPS) is 11.8. The third-order valence-electron chi connectivity index (χ3n) is 2.54. The Hall–Kier alpha value is -1.20. The Morgan fingerprint density at radius 1 is 1.35 bits per heavy atom. The summed E-state index contributed by atoms with van der Waals surface area (Å²) < 4.78 is 2.66. The van der Waals surface area contributed by atoms with Gasteiger partial charge in [0, 0.05) is 4.47 Å². The van der Waals surface area contributed by atoms with Crippen LogP contribution in [0.4, 0.5) is 0 Å². The lowest BCUT2D eigenvalue weighted by Gasteiger charge is -2.12. The van der Waals surface area contributed by atoms with Crippen LogP contribution in [0.25, 0.3) is 5.69 Å².